The number of hydrogen-bond acceptors (Lipinski definition) is 6. The Labute approximate surface area is 108 Å². The summed E-state index contributed by atoms with van der Waals surface area (Å²) in [6, 6.07) is 1.48. The molecule has 3 rings (SSSR count). The zero-order chi connectivity index (χ0) is 12.7. The second-order valence-electron chi connectivity index (χ2n) is 4.60. The molecule has 1 aliphatic heterocycles. The molecule has 0 spiro atoms. The van der Waals surface area contributed by atoms with Crippen LogP contribution >= 0.6 is 11.3 Å². The van der Waals surface area contributed by atoms with Gasteiger partial charge < -0.3 is 5.11 Å². The van der Waals surface area contributed by atoms with Crippen molar-refractivity contribution in [1.82, 2.24) is 19.5 Å². The maximum absolute atomic E-state index is 11.7. The van der Waals surface area contributed by atoms with E-state index in [0.29, 0.717) is 23.7 Å². The normalized spacial score (nSPS) is 20.9. The number of likely N-dealkylation sites (tertiary alicyclic amines) is 1. The van der Waals surface area contributed by atoms with Crippen LogP contribution in [0.4, 0.5) is 0 Å². The lowest BCUT2D eigenvalue weighted by molar-refractivity contribution is 0.174. The summed E-state index contributed by atoms with van der Waals surface area (Å²) >= 11 is 1.43. The Morgan fingerprint density at radius 1 is 1.61 bits per heavy atom. The molecule has 7 heteroatoms. The number of aliphatic hydroxyl groups is 1. The average molecular weight is 266 g/mol. The highest BCUT2D eigenvalue weighted by molar-refractivity contribution is 7.16. The fraction of sp³-hybridized carbons (Fsp3) is 0.545. The molecule has 0 saturated carbocycles. The van der Waals surface area contributed by atoms with Gasteiger partial charge in [-0.2, -0.15) is 9.61 Å². The Morgan fingerprint density at radius 2 is 2.44 bits per heavy atom. The summed E-state index contributed by atoms with van der Waals surface area (Å²) in [5.74, 6) is 0. The summed E-state index contributed by atoms with van der Waals surface area (Å²) in [7, 11) is 0. The maximum Gasteiger partial charge on any atom is 0.275 e. The Hall–Kier alpha value is -1.31. The van der Waals surface area contributed by atoms with Crippen LogP contribution < -0.4 is 5.56 Å². The molecule has 2 aromatic rings. The molecule has 18 heavy (non-hydrogen) atoms. The van der Waals surface area contributed by atoms with E-state index in [0.717, 1.165) is 18.0 Å². The van der Waals surface area contributed by atoms with E-state index in [4.69, 9.17) is 0 Å². The van der Waals surface area contributed by atoms with Crippen molar-refractivity contribution in [2.75, 3.05) is 13.1 Å². The van der Waals surface area contributed by atoms with Crippen molar-refractivity contribution in [3.8, 4) is 0 Å². The number of rotatable bonds is 2. The molecule has 0 amide bonds. The van der Waals surface area contributed by atoms with Gasteiger partial charge in [-0.3, -0.25) is 9.69 Å². The fourth-order valence-electron chi connectivity index (χ4n) is 2.17. The van der Waals surface area contributed by atoms with Gasteiger partial charge >= 0.3 is 0 Å². The highest BCUT2D eigenvalue weighted by Gasteiger charge is 2.21. The Kier molecular flexibility index (Phi) is 2.89. The second kappa shape index (κ2) is 4.42. The number of β-amino-alcohol motifs (C(OH)–C–C–N with tert-alkyl or cyclic N) is 1. The van der Waals surface area contributed by atoms with Crippen LogP contribution in [0.2, 0.25) is 0 Å². The molecule has 3 heterocycles. The molecule has 2 aromatic heterocycles. The van der Waals surface area contributed by atoms with E-state index in [1.807, 2.05) is 0 Å². The van der Waals surface area contributed by atoms with Crippen LogP contribution in [0.15, 0.2) is 10.9 Å². The summed E-state index contributed by atoms with van der Waals surface area (Å²) in [6.07, 6.45) is 0.574. The van der Waals surface area contributed by atoms with E-state index in [1.165, 1.54) is 21.9 Å². The van der Waals surface area contributed by atoms with Gasteiger partial charge in [0.15, 0.2) is 0 Å². The standard InChI is InChI=1S/C11H14N4O2S/c1-7-4-10(17)15-11(12-7)18-9(13-15)6-14-3-2-8(16)5-14/h4,8,16H,2-3,5-6H2,1H3/t8-/m1/s1. The van der Waals surface area contributed by atoms with Gasteiger partial charge in [0.05, 0.1) is 12.6 Å². The lowest BCUT2D eigenvalue weighted by Crippen LogP contribution is -2.22. The van der Waals surface area contributed by atoms with Gasteiger partial charge in [0, 0.05) is 24.8 Å². The number of hydrogen-bond donors (Lipinski definition) is 1. The Morgan fingerprint density at radius 3 is 3.17 bits per heavy atom. The molecule has 96 valence electrons. The summed E-state index contributed by atoms with van der Waals surface area (Å²) < 4.78 is 1.35. The summed E-state index contributed by atoms with van der Waals surface area (Å²) in [6.45, 7) is 4.02. The third-order valence-corrected chi connectivity index (χ3v) is 3.91. The lowest BCUT2D eigenvalue weighted by Gasteiger charge is -2.11. The SMILES string of the molecule is Cc1cc(=O)n2nc(CN3CC[C@@H](O)C3)sc2n1. The Balaban J connectivity index is 1.89. The largest absolute Gasteiger partial charge is 0.392 e. The van der Waals surface area contributed by atoms with Crippen LogP contribution in [-0.4, -0.2) is 43.8 Å². The smallest absolute Gasteiger partial charge is 0.275 e. The number of aromatic nitrogens is 3. The van der Waals surface area contributed by atoms with Crippen LogP contribution in [-0.2, 0) is 6.54 Å². The van der Waals surface area contributed by atoms with Crippen LogP contribution in [0.25, 0.3) is 4.96 Å². The van der Waals surface area contributed by atoms with Crippen molar-refractivity contribution < 1.29 is 5.11 Å². The zero-order valence-corrected chi connectivity index (χ0v) is 10.9. The van der Waals surface area contributed by atoms with Gasteiger partial charge in [0.1, 0.15) is 5.01 Å². The van der Waals surface area contributed by atoms with Crippen LogP contribution in [0.5, 0.6) is 0 Å². The number of aryl methyl sites for hydroxylation is 1. The van der Waals surface area contributed by atoms with Crippen molar-refractivity contribution >= 4 is 16.3 Å². The predicted molar refractivity (Wildman–Crippen MR) is 67.8 cm³/mol. The van der Waals surface area contributed by atoms with Crippen molar-refractivity contribution in [2.24, 2.45) is 0 Å². The third kappa shape index (κ3) is 2.16. The average Bonchev–Trinajstić information content (AvgIpc) is 2.85. The molecule has 0 bridgehead atoms. The molecule has 6 nitrogen and oxygen atoms in total. The summed E-state index contributed by atoms with van der Waals surface area (Å²) in [4.78, 5) is 18.8. The molecule has 1 aliphatic rings. The molecule has 1 fully saturated rings. The van der Waals surface area contributed by atoms with Crippen molar-refractivity contribution in [2.45, 2.75) is 26.0 Å². The number of aliphatic hydroxyl groups excluding tert-OH is 1. The van der Waals surface area contributed by atoms with Gasteiger partial charge in [-0.25, -0.2) is 4.98 Å². The second-order valence-corrected chi connectivity index (χ2v) is 5.64. The van der Waals surface area contributed by atoms with E-state index in [-0.39, 0.29) is 11.7 Å². The van der Waals surface area contributed by atoms with E-state index >= 15 is 0 Å². The topological polar surface area (TPSA) is 70.7 Å². The molecule has 0 unspecified atom stereocenters. The number of fused-ring (bicyclic) bond motifs is 1. The monoisotopic (exact) mass is 266 g/mol. The molecule has 0 aromatic carbocycles. The fourth-order valence-corrected chi connectivity index (χ4v) is 3.16. The van der Waals surface area contributed by atoms with Crippen LogP contribution in [0, 0.1) is 6.92 Å². The summed E-state index contributed by atoms with van der Waals surface area (Å²) in [5, 5.41) is 14.6. The van der Waals surface area contributed by atoms with Gasteiger partial charge in [-0.05, 0) is 13.3 Å². The van der Waals surface area contributed by atoms with Gasteiger partial charge in [-0.15, -0.1) is 0 Å². The first-order chi connectivity index (χ1) is 8.61. The molecule has 1 atom stereocenters. The van der Waals surface area contributed by atoms with Gasteiger partial charge in [-0.1, -0.05) is 11.3 Å². The summed E-state index contributed by atoms with van der Waals surface area (Å²) in [5.41, 5.74) is 0.577. The zero-order valence-electron chi connectivity index (χ0n) is 10.0. The third-order valence-electron chi connectivity index (χ3n) is 3.02. The minimum Gasteiger partial charge on any atom is -0.392 e. The molecule has 1 N–H and O–H groups in total. The minimum atomic E-state index is -0.234. The van der Waals surface area contributed by atoms with Gasteiger partial charge in [0.25, 0.3) is 5.56 Å². The first-order valence-electron chi connectivity index (χ1n) is 5.88. The minimum absolute atomic E-state index is 0.138. The quantitative estimate of drug-likeness (QED) is 0.830. The molecular formula is C11H14N4O2S. The highest BCUT2D eigenvalue weighted by Crippen LogP contribution is 2.17. The first kappa shape index (κ1) is 11.8. The van der Waals surface area contributed by atoms with E-state index < -0.39 is 0 Å². The predicted octanol–water partition coefficient (Wildman–Crippen LogP) is 0.0260. The van der Waals surface area contributed by atoms with Crippen molar-refractivity contribution in [3.05, 3.63) is 27.1 Å². The van der Waals surface area contributed by atoms with Crippen molar-refractivity contribution in [3.63, 3.8) is 0 Å². The van der Waals surface area contributed by atoms with Gasteiger partial charge in [0.2, 0.25) is 4.96 Å². The maximum atomic E-state index is 11.7. The van der Waals surface area contributed by atoms with Crippen LogP contribution in [0.1, 0.15) is 17.1 Å². The van der Waals surface area contributed by atoms with E-state index in [1.54, 1.807) is 6.92 Å². The van der Waals surface area contributed by atoms with Crippen molar-refractivity contribution in [1.29, 1.82) is 0 Å². The number of nitrogens with zero attached hydrogens (tertiary/aromatic N) is 4. The molecule has 0 aliphatic carbocycles. The highest BCUT2D eigenvalue weighted by atomic mass is 32.1. The molecule has 0 radical (unpaired) electrons. The van der Waals surface area contributed by atoms with E-state index in [9.17, 15) is 9.90 Å². The van der Waals surface area contributed by atoms with E-state index in [2.05, 4.69) is 15.0 Å². The molecule has 1 saturated heterocycles. The Bertz CT molecular complexity index is 635. The van der Waals surface area contributed by atoms with Crippen LogP contribution in [0.3, 0.4) is 0 Å². The molecular weight excluding hydrogens is 252 g/mol. The lowest BCUT2D eigenvalue weighted by atomic mass is 10.3. The first-order valence-corrected chi connectivity index (χ1v) is 6.70.